The van der Waals surface area contributed by atoms with Gasteiger partial charge in [-0.3, -0.25) is 0 Å². The van der Waals surface area contributed by atoms with Crippen molar-refractivity contribution in [1.82, 2.24) is 14.3 Å². The first-order chi connectivity index (χ1) is 11.5. The molecule has 0 aromatic carbocycles. The van der Waals surface area contributed by atoms with Gasteiger partial charge in [0.2, 0.25) is 10.0 Å². The van der Waals surface area contributed by atoms with Crippen molar-refractivity contribution in [2.24, 2.45) is 5.92 Å². The summed E-state index contributed by atoms with van der Waals surface area (Å²) in [6, 6.07) is 0. The van der Waals surface area contributed by atoms with Crippen molar-refractivity contribution in [3.63, 3.8) is 0 Å². The van der Waals surface area contributed by atoms with E-state index in [1.54, 1.807) is 22.4 Å². The van der Waals surface area contributed by atoms with Gasteiger partial charge in [0.1, 0.15) is 16.2 Å². The number of nitrogens with zero attached hydrogens (tertiary/aromatic N) is 3. The molecule has 1 unspecified atom stereocenters. The minimum atomic E-state index is -3.06. The molecule has 1 atom stereocenters. The molecule has 8 heteroatoms. The van der Waals surface area contributed by atoms with Crippen LogP contribution in [0.5, 0.6) is 0 Å². The minimum absolute atomic E-state index is 0.407. The van der Waals surface area contributed by atoms with Crippen molar-refractivity contribution >= 4 is 43.3 Å². The van der Waals surface area contributed by atoms with Gasteiger partial charge in [0.25, 0.3) is 0 Å². The summed E-state index contributed by atoms with van der Waals surface area (Å²) in [5, 5.41) is 2.34. The van der Waals surface area contributed by atoms with Crippen LogP contribution < -0.4 is 0 Å². The van der Waals surface area contributed by atoms with Crippen molar-refractivity contribution < 1.29 is 8.42 Å². The molecule has 24 heavy (non-hydrogen) atoms. The molecule has 1 saturated heterocycles. The summed E-state index contributed by atoms with van der Waals surface area (Å²) in [5.41, 5.74) is 1.47. The van der Waals surface area contributed by atoms with Crippen LogP contribution >= 0.6 is 23.1 Å². The highest BCUT2D eigenvalue weighted by Crippen LogP contribution is 2.40. The van der Waals surface area contributed by atoms with Gasteiger partial charge in [0.15, 0.2) is 0 Å². The highest BCUT2D eigenvalue weighted by molar-refractivity contribution is 7.99. The number of hydrogen-bond donors (Lipinski definition) is 0. The van der Waals surface area contributed by atoms with E-state index in [2.05, 4.69) is 9.97 Å². The second kappa shape index (κ2) is 6.55. The smallest absolute Gasteiger partial charge is 0.211 e. The quantitative estimate of drug-likeness (QED) is 0.600. The van der Waals surface area contributed by atoms with Crippen LogP contribution in [-0.4, -0.2) is 47.8 Å². The van der Waals surface area contributed by atoms with Crippen LogP contribution in [0.2, 0.25) is 0 Å². The Bertz CT molecular complexity index is 863. The van der Waals surface area contributed by atoms with Crippen LogP contribution in [0, 0.1) is 5.92 Å². The lowest BCUT2D eigenvalue weighted by Gasteiger charge is -2.14. The third-order valence-electron chi connectivity index (χ3n) is 4.89. The predicted octanol–water partition coefficient (Wildman–Crippen LogP) is 2.94. The molecule has 130 valence electrons. The van der Waals surface area contributed by atoms with E-state index >= 15 is 0 Å². The maximum atomic E-state index is 11.7. The molecule has 0 saturated carbocycles. The Kier molecular flexibility index (Phi) is 4.57. The van der Waals surface area contributed by atoms with Crippen LogP contribution in [0.1, 0.15) is 29.7 Å². The summed E-state index contributed by atoms with van der Waals surface area (Å²) in [5.74, 6) is 1.33. The van der Waals surface area contributed by atoms with E-state index in [9.17, 15) is 8.42 Å². The van der Waals surface area contributed by atoms with Crippen LogP contribution in [0.15, 0.2) is 11.4 Å². The molecule has 5 nitrogen and oxygen atoms in total. The third-order valence-corrected chi connectivity index (χ3v) is 8.58. The van der Waals surface area contributed by atoms with Crippen LogP contribution in [0.4, 0.5) is 0 Å². The van der Waals surface area contributed by atoms with Gasteiger partial charge >= 0.3 is 0 Å². The molecule has 0 radical (unpaired) electrons. The van der Waals surface area contributed by atoms with Gasteiger partial charge in [-0.15, -0.1) is 23.1 Å². The van der Waals surface area contributed by atoms with E-state index in [0.717, 1.165) is 28.5 Å². The summed E-state index contributed by atoms with van der Waals surface area (Å²) < 4.78 is 24.9. The number of aromatic nitrogens is 2. The van der Waals surface area contributed by atoms with Crippen molar-refractivity contribution in [3.05, 3.63) is 16.8 Å². The van der Waals surface area contributed by atoms with Crippen LogP contribution in [0.3, 0.4) is 0 Å². The molecule has 1 aliphatic heterocycles. The Hall–Kier alpha value is -0.700. The number of thioether (sulfide) groups is 1. The lowest BCUT2D eigenvalue weighted by atomic mass is 9.97. The number of sulfonamides is 1. The fourth-order valence-corrected chi connectivity index (χ4v) is 6.97. The molecule has 0 bridgehead atoms. The average Bonchev–Trinajstić information content (AvgIpc) is 3.17. The van der Waals surface area contributed by atoms with Crippen molar-refractivity contribution in [2.45, 2.75) is 37.1 Å². The Labute approximate surface area is 150 Å². The molecule has 0 N–H and O–H groups in total. The van der Waals surface area contributed by atoms with E-state index in [0.29, 0.717) is 19.0 Å². The zero-order valence-electron chi connectivity index (χ0n) is 13.7. The predicted molar refractivity (Wildman–Crippen MR) is 99.3 cm³/mol. The van der Waals surface area contributed by atoms with E-state index in [-0.39, 0.29) is 0 Å². The fourth-order valence-electron chi connectivity index (χ4n) is 3.60. The van der Waals surface area contributed by atoms with Gasteiger partial charge in [-0.05, 0) is 43.6 Å². The maximum absolute atomic E-state index is 11.7. The Balaban J connectivity index is 1.52. The van der Waals surface area contributed by atoms with E-state index < -0.39 is 10.0 Å². The summed E-state index contributed by atoms with van der Waals surface area (Å²) in [6.07, 6.45) is 8.76. The molecular weight excluding hydrogens is 362 g/mol. The first-order valence-electron chi connectivity index (χ1n) is 8.35. The molecule has 0 spiro atoms. The topological polar surface area (TPSA) is 63.2 Å². The third kappa shape index (κ3) is 3.21. The second-order valence-corrected chi connectivity index (χ2v) is 10.7. The SMILES string of the molecule is CS(=O)(=O)N1CCC(CSc2ncnc3sc4c(c23)CCCC4)C1. The number of aryl methyl sites for hydroxylation is 2. The minimum Gasteiger partial charge on any atom is -0.229 e. The number of hydrogen-bond acceptors (Lipinski definition) is 6. The maximum Gasteiger partial charge on any atom is 0.211 e. The number of rotatable bonds is 4. The Morgan fingerprint density at radius 3 is 2.96 bits per heavy atom. The molecule has 1 fully saturated rings. The largest absolute Gasteiger partial charge is 0.229 e. The normalized spacial score (nSPS) is 22.1. The average molecular weight is 384 g/mol. The standard InChI is InChI=1S/C16H21N3O2S3/c1-24(20,21)19-7-6-11(8-19)9-22-15-14-12-4-2-3-5-13(12)23-16(14)18-10-17-15/h10-11H,2-9H2,1H3. The Morgan fingerprint density at radius 2 is 2.17 bits per heavy atom. The first kappa shape index (κ1) is 16.8. The summed E-state index contributed by atoms with van der Waals surface area (Å²) >= 11 is 3.60. The Morgan fingerprint density at radius 1 is 1.33 bits per heavy atom. The lowest BCUT2D eigenvalue weighted by Crippen LogP contribution is -2.27. The monoisotopic (exact) mass is 383 g/mol. The van der Waals surface area contributed by atoms with Gasteiger partial charge < -0.3 is 0 Å². The van der Waals surface area contributed by atoms with Crippen molar-refractivity contribution in [3.8, 4) is 0 Å². The number of thiophene rings is 1. The van der Waals surface area contributed by atoms with E-state index in [1.807, 2.05) is 11.3 Å². The zero-order chi connectivity index (χ0) is 16.7. The second-order valence-electron chi connectivity index (χ2n) is 6.66. The number of fused-ring (bicyclic) bond motifs is 3. The summed E-state index contributed by atoms with van der Waals surface area (Å²) in [7, 11) is -3.06. The molecule has 2 aromatic heterocycles. The van der Waals surface area contributed by atoms with Gasteiger partial charge in [0, 0.05) is 29.1 Å². The molecule has 2 aromatic rings. The van der Waals surface area contributed by atoms with Gasteiger partial charge in [0.05, 0.1) is 6.26 Å². The van der Waals surface area contributed by atoms with Crippen LogP contribution in [0.25, 0.3) is 10.2 Å². The summed E-state index contributed by atoms with van der Waals surface area (Å²) in [6.45, 7) is 1.29. The first-order valence-corrected chi connectivity index (χ1v) is 12.0. The van der Waals surface area contributed by atoms with E-state index in [1.165, 1.54) is 41.3 Å². The fraction of sp³-hybridized carbons (Fsp3) is 0.625. The van der Waals surface area contributed by atoms with E-state index in [4.69, 9.17) is 0 Å². The summed E-state index contributed by atoms with van der Waals surface area (Å²) in [4.78, 5) is 11.6. The molecule has 2 aliphatic rings. The van der Waals surface area contributed by atoms with Crippen LogP contribution in [-0.2, 0) is 22.9 Å². The molecular formula is C16H21N3O2S3. The van der Waals surface area contributed by atoms with Crippen molar-refractivity contribution in [1.29, 1.82) is 0 Å². The molecule has 3 heterocycles. The lowest BCUT2D eigenvalue weighted by molar-refractivity contribution is 0.471. The molecule has 0 amide bonds. The zero-order valence-corrected chi connectivity index (χ0v) is 16.1. The highest BCUT2D eigenvalue weighted by Gasteiger charge is 2.29. The van der Waals surface area contributed by atoms with Gasteiger partial charge in [-0.25, -0.2) is 22.7 Å². The highest BCUT2D eigenvalue weighted by atomic mass is 32.2. The molecule has 1 aliphatic carbocycles. The molecule has 4 rings (SSSR count). The van der Waals surface area contributed by atoms with Gasteiger partial charge in [-0.2, -0.15) is 0 Å². The van der Waals surface area contributed by atoms with Crippen molar-refractivity contribution in [2.75, 3.05) is 25.1 Å². The van der Waals surface area contributed by atoms with Gasteiger partial charge in [-0.1, -0.05) is 0 Å².